The van der Waals surface area contributed by atoms with Crippen molar-refractivity contribution in [3.8, 4) is 0 Å². The van der Waals surface area contributed by atoms with E-state index in [0.29, 0.717) is 26.2 Å². The van der Waals surface area contributed by atoms with Gasteiger partial charge in [0.2, 0.25) is 0 Å². The zero-order valence-corrected chi connectivity index (χ0v) is 17.5. The Morgan fingerprint density at radius 1 is 0.897 bits per heavy atom. The highest BCUT2D eigenvalue weighted by Crippen LogP contribution is 2.21. The Kier molecular flexibility index (Phi) is 5.88. The molecule has 5 nitrogen and oxygen atoms in total. The van der Waals surface area contributed by atoms with Gasteiger partial charge in [0.25, 0.3) is 0 Å². The molecular weight excluding hydrogens is 362 g/mol. The fraction of sp³-hybridized carbons (Fsp3) is 0.458. The molecule has 2 amide bonds. The number of nitrogens with zero attached hydrogens (tertiary/aromatic N) is 3. The zero-order valence-electron chi connectivity index (χ0n) is 17.5. The number of amides is 2. The molecule has 5 heteroatoms. The molecule has 2 aromatic rings. The molecule has 1 saturated heterocycles. The summed E-state index contributed by atoms with van der Waals surface area (Å²) in [4.78, 5) is 18.7. The summed E-state index contributed by atoms with van der Waals surface area (Å²) < 4.78 is 0. The van der Waals surface area contributed by atoms with Gasteiger partial charge < -0.3 is 14.9 Å². The Bertz CT molecular complexity index is 865. The largest absolute Gasteiger partial charge is 0.390 e. The molecule has 2 heterocycles. The predicted molar refractivity (Wildman–Crippen MR) is 115 cm³/mol. The van der Waals surface area contributed by atoms with Crippen molar-refractivity contribution in [3.05, 3.63) is 70.3 Å². The van der Waals surface area contributed by atoms with Crippen molar-refractivity contribution in [1.82, 2.24) is 14.7 Å². The zero-order chi connectivity index (χ0) is 20.4. The normalized spacial score (nSPS) is 18.2. The number of carbonyl (C=O) groups is 1. The molecule has 1 N–H and O–H groups in total. The van der Waals surface area contributed by atoms with E-state index in [1.165, 1.54) is 22.3 Å². The second-order valence-corrected chi connectivity index (χ2v) is 8.55. The van der Waals surface area contributed by atoms with Gasteiger partial charge >= 0.3 is 6.03 Å². The Balaban J connectivity index is 1.28. The number of aliphatic hydroxyl groups is 1. The van der Waals surface area contributed by atoms with Gasteiger partial charge in [-0.1, -0.05) is 53.6 Å². The lowest BCUT2D eigenvalue weighted by Gasteiger charge is -2.31. The first-order chi connectivity index (χ1) is 14.0. The Morgan fingerprint density at radius 3 is 2.41 bits per heavy atom. The van der Waals surface area contributed by atoms with Crippen LogP contribution in [0.3, 0.4) is 0 Å². The average Bonchev–Trinajstić information content (AvgIpc) is 3.03. The molecule has 2 aliphatic heterocycles. The topological polar surface area (TPSA) is 47.0 Å². The molecule has 154 valence electrons. The molecule has 1 atom stereocenters. The molecule has 2 aromatic carbocycles. The van der Waals surface area contributed by atoms with Crippen LogP contribution in [0.2, 0.25) is 0 Å². The number of fused-ring (bicyclic) bond motifs is 1. The lowest BCUT2D eigenvalue weighted by molar-refractivity contribution is 0.0812. The molecule has 1 unspecified atom stereocenters. The highest BCUT2D eigenvalue weighted by Gasteiger charge is 2.30. The minimum absolute atomic E-state index is 0.0317. The van der Waals surface area contributed by atoms with E-state index in [1.807, 2.05) is 4.90 Å². The monoisotopic (exact) mass is 393 g/mol. The van der Waals surface area contributed by atoms with Gasteiger partial charge in [0.05, 0.1) is 6.10 Å². The van der Waals surface area contributed by atoms with Gasteiger partial charge in [-0.05, 0) is 37.0 Å². The highest BCUT2D eigenvalue weighted by atomic mass is 16.3. The van der Waals surface area contributed by atoms with Crippen LogP contribution in [-0.4, -0.2) is 64.7 Å². The number of hydrogen-bond acceptors (Lipinski definition) is 3. The van der Waals surface area contributed by atoms with Crippen LogP contribution in [0.1, 0.15) is 27.8 Å². The van der Waals surface area contributed by atoms with Crippen molar-refractivity contribution >= 4 is 6.03 Å². The summed E-state index contributed by atoms with van der Waals surface area (Å²) in [6.45, 7) is 9.07. The summed E-state index contributed by atoms with van der Waals surface area (Å²) in [6, 6.07) is 15.0. The minimum atomic E-state index is -0.523. The summed E-state index contributed by atoms with van der Waals surface area (Å²) in [7, 11) is 0. The SMILES string of the molecule is Cc1ccc(CN2CCN(CC(O)CN3CCc4ccc(C)cc4C3)C2=O)cc1. The quantitative estimate of drug-likeness (QED) is 0.821. The van der Waals surface area contributed by atoms with Gasteiger partial charge in [-0.3, -0.25) is 4.90 Å². The molecule has 4 rings (SSSR count). The lowest BCUT2D eigenvalue weighted by Crippen LogP contribution is -2.43. The van der Waals surface area contributed by atoms with Crippen LogP contribution in [0.25, 0.3) is 0 Å². The third-order valence-corrected chi connectivity index (χ3v) is 6.03. The van der Waals surface area contributed by atoms with E-state index in [9.17, 15) is 9.90 Å². The van der Waals surface area contributed by atoms with Crippen LogP contribution >= 0.6 is 0 Å². The third-order valence-electron chi connectivity index (χ3n) is 6.03. The van der Waals surface area contributed by atoms with Crippen molar-refractivity contribution in [2.45, 2.75) is 39.5 Å². The summed E-state index contributed by atoms with van der Waals surface area (Å²) in [5.41, 5.74) is 6.44. The predicted octanol–water partition coefficient (Wildman–Crippen LogP) is 2.96. The number of rotatable bonds is 6. The second kappa shape index (κ2) is 8.56. The van der Waals surface area contributed by atoms with Gasteiger partial charge in [-0.2, -0.15) is 0 Å². The molecule has 0 radical (unpaired) electrons. The summed E-state index contributed by atoms with van der Waals surface area (Å²) in [5, 5.41) is 10.6. The van der Waals surface area contributed by atoms with Crippen molar-refractivity contribution in [2.24, 2.45) is 0 Å². The van der Waals surface area contributed by atoms with E-state index >= 15 is 0 Å². The summed E-state index contributed by atoms with van der Waals surface area (Å²) in [6.07, 6.45) is 0.500. The standard InChI is InChI=1S/C24H31N3O2/c1-18-3-6-20(7-4-18)14-26-11-12-27(24(26)29)17-23(28)16-25-10-9-21-8-5-19(2)13-22(21)15-25/h3-8,13,23,28H,9-12,14-17H2,1-2H3. The third kappa shape index (κ3) is 4.80. The molecule has 2 aliphatic rings. The van der Waals surface area contributed by atoms with Gasteiger partial charge in [-0.25, -0.2) is 4.79 Å². The number of carbonyl (C=O) groups excluding carboxylic acids is 1. The van der Waals surface area contributed by atoms with Crippen LogP contribution in [0.15, 0.2) is 42.5 Å². The molecular formula is C24H31N3O2. The van der Waals surface area contributed by atoms with E-state index < -0.39 is 6.10 Å². The number of urea groups is 1. The van der Waals surface area contributed by atoms with Gasteiger partial charge in [-0.15, -0.1) is 0 Å². The molecule has 29 heavy (non-hydrogen) atoms. The Morgan fingerprint density at radius 2 is 1.62 bits per heavy atom. The number of hydrogen-bond donors (Lipinski definition) is 1. The summed E-state index contributed by atoms with van der Waals surface area (Å²) in [5.74, 6) is 0. The number of aliphatic hydroxyl groups excluding tert-OH is 1. The lowest BCUT2D eigenvalue weighted by atomic mass is 9.97. The molecule has 0 saturated carbocycles. The molecule has 0 bridgehead atoms. The average molecular weight is 394 g/mol. The van der Waals surface area contributed by atoms with E-state index in [-0.39, 0.29) is 6.03 Å². The molecule has 1 fully saturated rings. The van der Waals surface area contributed by atoms with E-state index in [0.717, 1.165) is 31.6 Å². The van der Waals surface area contributed by atoms with Crippen LogP contribution in [0, 0.1) is 13.8 Å². The maximum atomic E-state index is 12.7. The fourth-order valence-electron chi connectivity index (χ4n) is 4.37. The van der Waals surface area contributed by atoms with Gasteiger partial charge in [0, 0.05) is 45.8 Å². The van der Waals surface area contributed by atoms with Gasteiger partial charge in [0.15, 0.2) is 0 Å². The van der Waals surface area contributed by atoms with Crippen molar-refractivity contribution < 1.29 is 9.90 Å². The van der Waals surface area contributed by atoms with Crippen molar-refractivity contribution in [3.63, 3.8) is 0 Å². The highest BCUT2D eigenvalue weighted by molar-refractivity contribution is 5.76. The van der Waals surface area contributed by atoms with Crippen LogP contribution in [0.5, 0.6) is 0 Å². The first kappa shape index (κ1) is 19.9. The number of aryl methyl sites for hydroxylation is 2. The number of β-amino-alcohol motifs (C(OH)–C–C–N with tert-alkyl or cyclic N) is 1. The molecule has 0 spiro atoms. The summed E-state index contributed by atoms with van der Waals surface area (Å²) >= 11 is 0. The Labute approximate surface area is 173 Å². The van der Waals surface area contributed by atoms with Crippen molar-refractivity contribution in [2.75, 3.05) is 32.7 Å². The van der Waals surface area contributed by atoms with Crippen LogP contribution in [0.4, 0.5) is 4.79 Å². The first-order valence-corrected chi connectivity index (χ1v) is 10.6. The fourth-order valence-corrected chi connectivity index (χ4v) is 4.37. The molecule has 0 aromatic heterocycles. The smallest absolute Gasteiger partial charge is 0.320 e. The first-order valence-electron chi connectivity index (χ1n) is 10.6. The second-order valence-electron chi connectivity index (χ2n) is 8.55. The minimum Gasteiger partial charge on any atom is -0.390 e. The van der Waals surface area contributed by atoms with E-state index in [1.54, 1.807) is 4.90 Å². The number of benzene rings is 2. The molecule has 0 aliphatic carbocycles. The van der Waals surface area contributed by atoms with E-state index in [2.05, 4.69) is 61.2 Å². The van der Waals surface area contributed by atoms with E-state index in [4.69, 9.17) is 0 Å². The Hall–Kier alpha value is -2.37. The maximum absolute atomic E-state index is 12.7. The maximum Gasteiger partial charge on any atom is 0.320 e. The van der Waals surface area contributed by atoms with Crippen LogP contribution in [-0.2, 0) is 19.5 Å². The van der Waals surface area contributed by atoms with Crippen LogP contribution < -0.4 is 0 Å². The van der Waals surface area contributed by atoms with Gasteiger partial charge in [0.1, 0.15) is 0 Å². The van der Waals surface area contributed by atoms with Crippen molar-refractivity contribution in [1.29, 1.82) is 0 Å².